The highest BCUT2D eigenvalue weighted by molar-refractivity contribution is 7.07. The molecule has 0 spiro atoms. The van der Waals surface area contributed by atoms with Crippen LogP contribution in [0.4, 0.5) is 0 Å². The third-order valence-corrected chi connectivity index (χ3v) is 5.56. The van der Waals surface area contributed by atoms with Crippen LogP contribution in [0.1, 0.15) is 46.3 Å². The standard InChI is InChI=1S/C19H21N5O2S/c1-13-7-17(25)16(8-21-13)19(26)24-5-2-3-14(9-24)18-20-4-6-23(18)10-15-11-27-12-22-15/h4,6-8,11-12,14H,2-3,5,9-10H2,1H3,(H,21,25)/t14-/m0/s1. The topological polar surface area (TPSA) is 83.9 Å². The van der Waals surface area contributed by atoms with E-state index in [-0.39, 0.29) is 22.8 Å². The molecule has 7 nitrogen and oxygen atoms in total. The van der Waals surface area contributed by atoms with Crippen LogP contribution in [-0.4, -0.2) is 43.4 Å². The molecule has 0 saturated carbocycles. The highest BCUT2D eigenvalue weighted by atomic mass is 32.1. The van der Waals surface area contributed by atoms with Crippen molar-refractivity contribution < 1.29 is 4.79 Å². The second-order valence-electron chi connectivity index (χ2n) is 6.88. The van der Waals surface area contributed by atoms with E-state index in [1.54, 1.807) is 29.4 Å². The molecule has 8 heteroatoms. The number of hydrogen-bond donors (Lipinski definition) is 1. The summed E-state index contributed by atoms with van der Waals surface area (Å²) in [7, 11) is 0. The lowest BCUT2D eigenvalue weighted by Gasteiger charge is -2.32. The third kappa shape index (κ3) is 3.71. The van der Waals surface area contributed by atoms with Crippen molar-refractivity contribution in [3.63, 3.8) is 0 Å². The number of carbonyl (C=O) groups excluding carboxylic acids is 1. The first-order valence-corrected chi connectivity index (χ1v) is 9.93. The minimum atomic E-state index is -0.233. The summed E-state index contributed by atoms with van der Waals surface area (Å²) in [5.74, 6) is 0.915. The lowest BCUT2D eigenvalue weighted by molar-refractivity contribution is 0.0701. The number of amides is 1. The summed E-state index contributed by atoms with van der Waals surface area (Å²) in [5.41, 5.74) is 3.55. The summed E-state index contributed by atoms with van der Waals surface area (Å²) in [4.78, 5) is 38.7. The number of nitrogens with one attached hydrogen (secondary N) is 1. The van der Waals surface area contributed by atoms with E-state index in [9.17, 15) is 9.59 Å². The number of aromatic nitrogens is 4. The van der Waals surface area contributed by atoms with Crippen LogP contribution in [0, 0.1) is 6.92 Å². The van der Waals surface area contributed by atoms with Gasteiger partial charge < -0.3 is 14.5 Å². The van der Waals surface area contributed by atoms with Gasteiger partial charge in [0, 0.05) is 54.7 Å². The third-order valence-electron chi connectivity index (χ3n) is 4.92. The Kier molecular flexibility index (Phi) is 4.89. The van der Waals surface area contributed by atoms with Gasteiger partial charge in [-0.15, -0.1) is 11.3 Å². The average molecular weight is 383 g/mol. The highest BCUT2D eigenvalue weighted by Crippen LogP contribution is 2.27. The summed E-state index contributed by atoms with van der Waals surface area (Å²) >= 11 is 1.58. The minimum Gasteiger partial charge on any atom is -0.364 e. The SMILES string of the molecule is Cc1cc(=O)c(C(=O)N2CCC[C@H](c3nccn3Cc3cscn3)C2)c[nH]1. The molecular formula is C19H21N5O2S. The molecule has 0 aliphatic carbocycles. The van der Waals surface area contributed by atoms with Crippen LogP contribution < -0.4 is 5.43 Å². The second kappa shape index (κ2) is 7.48. The van der Waals surface area contributed by atoms with Crippen molar-refractivity contribution >= 4 is 17.2 Å². The molecule has 1 atom stereocenters. The Bertz CT molecular complexity index is 992. The number of thiazole rings is 1. The molecule has 1 amide bonds. The van der Waals surface area contributed by atoms with Crippen LogP contribution in [0.25, 0.3) is 0 Å². The molecular weight excluding hydrogens is 362 g/mol. The Balaban J connectivity index is 1.53. The van der Waals surface area contributed by atoms with Crippen molar-refractivity contribution in [1.82, 2.24) is 24.4 Å². The van der Waals surface area contributed by atoms with Crippen LogP contribution in [0.15, 0.2) is 40.3 Å². The van der Waals surface area contributed by atoms with Crippen molar-refractivity contribution in [3.8, 4) is 0 Å². The number of pyridine rings is 1. The van der Waals surface area contributed by atoms with Crippen molar-refractivity contribution in [2.75, 3.05) is 13.1 Å². The fraction of sp³-hybridized carbons (Fsp3) is 0.368. The molecule has 1 aliphatic heterocycles. The molecule has 0 unspecified atom stereocenters. The summed E-state index contributed by atoms with van der Waals surface area (Å²) in [6.45, 7) is 3.71. The number of carbonyl (C=O) groups is 1. The lowest BCUT2D eigenvalue weighted by atomic mass is 9.96. The number of hydrogen-bond acceptors (Lipinski definition) is 5. The van der Waals surface area contributed by atoms with Crippen LogP contribution in [-0.2, 0) is 6.54 Å². The number of H-pyrrole nitrogens is 1. The van der Waals surface area contributed by atoms with Gasteiger partial charge in [-0.2, -0.15) is 0 Å². The molecule has 3 aromatic rings. The highest BCUT2D eigenvalue weighted by Gasteiger charge is 2.29. The van der Waals surface area contributed by atoms with Gasteiger partial charge in [0.1, 0.15) is 11.4 Å². The van der Waals surface area contributed by atoms with Gasteiger partial charge in [-0.1, -0.05) is 0 Å². The van der Waals surface area contributed by atoms with Crippen LogP contribution in [0.3, 0.4) is 0 Å². The first kappa shape index (κ1) is 17.7. The van der Waals surface area contributed by atoms with Gasteiger partial charge in [0.05, 0.1) is 17.7 Å². The fourth-order valence-electron chi connectivity index (χ4n) is 3.59. The van der Waals surface area contributed by atoms with Crippen LogP contribution in [0.5, 0.6) is 0 Å². The quantitative estimate of drug-likeness (QED) is 0.750. The summed E-state index contributed by atoms with van der Waals surface area (Å²) in [6.07, 6.45) is 7.14. The molecule has 0 bridgehead atoms. The van der Waals surface area contributed by atoms with E-state index in [2.05, 4.69) is 19.5 Å². The monoisotopic (exact) mass is 383 g/mol. The van der Waals surface area contributed by atoms with Gasteiger partial charge in [0.15, 0.2) is 5.43 Å². The zero-order valence-electron chi connectivity index (χ0n) is 15.1. The Hall–Kier alpha value is -2.74. The number of aromatic amines is 1. The largest absolute Gasteiger partial charge is 0.364 e. The lowest BCUT2D eigenvalue weighted by Crippen LogP contribution is -2.41. The molecule has 4 heterocycles. The number of piperidine rings is 1. The molecule has 1 fully saturated rings. The Labute approximate surface area is 160 Å². The zero-order chi connectivity index (χ0) is 18.8. The second-order valence-corrected chi connectivity index (χ2v) is 7.60. The Morgan fingerprint density at radius 1 is 1.41 bits per heavy atom. The number of nitrogens with zero attached hydrogens (tertiary/aromatic N) is 4. The fourth-order valence-corrected chi connectivity index (χ4v) is 4.14. The number of rotatable bonds is 4. The number of aryl methyl sites for hydroxylation is 1. The van der Waals surface area contributed by atoms with E-state index in [0.717, 1.165) is 30.1 Å². The smallest absolute Gasteiger partial charge is 0.259 e. The van der Waals surface area contributed by atoms with E-state index in [1.807, 2.05) is 17.1 Å². The minimum absolute atomic E-state index is 0.154. The average Bonchev–Trinajstić information content (AvgIpc) is 3.34. The van der Waals surface area contributed by atoms with Crippen LogP contribution >= 0.6 is 11.3 Å². The maximum Gasteiger partial charge on any atom is 0.259 e. The molecule has 1 aliphatic rings. The summed E-state index contributed by atoms with van der Waals surface area (Å²) in [6, 6.07) is 1.47. The van der Waals surface area contributed by atoms with E-state index in [1.165, 1.54) is 12.3 Å². The normalized spacial score (nSPS) is 17.2. The predicted molar refractivity (Wildman–Crippen MR) is 103 cm³/mol. The summed E-state index contributed by atoms with van der Waals surface area (Å²) < 4.78 is 2.10. The predicted octanol–water partition coefficient (Wildman–Crippen LogP) is 2.40. The van der Waals surface area contributed by atoms with Crippen molar-refractivity contribution in [3.05, 3.63) is 68.5 Å². The van der Waals surface area contributed by atoms with E-state index >= 15 is 0 Å². The number of likely N-dealkylation sites (tertiary alicyclic amines) is 1. The molecule has 0 aromatic carbocycles. The first-order valence-electron chi connectivity index (χ1n) is 8.98. The van der Waals surface area contributed by atoms with Gasteiger partial charge in [0.2, 0.25) is 0 Å². The van der Waals surface area contributed by atoms with Gasteiger partial charge in [-0.25, -0.2) is 9.97 Å². The van der Waals surface area contributed by atoms with Gasteiger partial charge >= 0.3 is 0 Å². The van der Waals surface area contributed by atoms with E-state index in [0.29, 0.717) is 19.6 Å². The molecule has 3 aromatic heterocycles. The van der Waals surface area contributed by atoms with Gasteiger partial charge in [-0.05, 0) is 19.8 Å². The molecule has 140 valence electrons. The van der Waals surface area contributed by atoms with Crippen molar-refractivity contribution in [1.29, 1.82) is 0 Å². The van der Waals surface area contributed by atoms with Gasteiger partial charge in [0.25, 0.3) is 5.91 Å². The summed E-state index contributed by atoms with van der Waals surface area (Å²) in [5, 5.41) is 2.03. The first-order chi connectivity index (χ1) is 13.1. The van der Waals surface area contributed by atoms with E-state index in [4.69, 9.17) is 0 Å². The molecule has 1 N–H and O–H groups in total. The molecule has 0 radical (unpaired) electrons. The zero-order valence-corrected chi connectivity index (χ0v) is 15.9. The van der Waals surface area contributed by atoms with E-state index < -0.39 is 0 Å². The maximum absolute atomic E-state index is 12.9. The van der Waals surface area contributed by atoms with Gasteiger partial charge in [-0.3, -0.25) is 9.59 Å². The Morgan fingerprint density at radius 2 is 2.30 bits per heavy atom. The van der Waals surface area contributed by atoms with Crippen molar-refractivity contribution in [2.24, 2.45) is 0 Å². The molecule has 4 rings (SSSR count). The molecule has 1 saturated heterocycles. The number of imidazole rings is 1. The van der Waals surface area contributed by atoms with Crippen LogP contribution in [0.2, 0.25) is 0 Å². The molecule has 27 heavy (non-hydrogen) atoms. The maximum atomic E-state index is 12.9. The Morgan fingerprint density at radius 3 is 3.07 bits per heavy atom. The van der Waals surface area contributed by atoms with Crippen molar-refractivity contribution in [2.45, 2.75) is 32.2 Å².